The van der Waals surface area contributed by atoms with E-state index in [4.69, 9.17) is 0 Å². The predicted octanol–water partition coefficient (Wildman–Crippen LogP) is 3.05. The van der Waals surface area contributed by atoms with Crippen LogP contribution in [0.1, 0.15) is 30.6 Å². The van der Waals surface area contributed by atoms with Crippen molar-refractivity contribution in [2.24, 2.45) is 0 Å². The van der Waals surface area contributed by atoms with Gasteiger partial charge in [-0.05, 0) is 19.4 Å². The molecule has 20 heavy (non-hydrogen) atoms. The second-order valence-corrected chi connectivity index (χ2v) is 6.33. The van der Waals surface area contributed by atoms with Gasteiger partial charge >= 0.3 is 0 Å². The molecule has 1 aromatic carbocycles. The van der Waals surface area contributed by atoms with Crippen LogP contribution < -0.4 is 0 Å². The van der Waals surface area contributed by atoms with Gasteiger partial charge in [0.15, 0.2) is 5.78 Å². The zero-order chi connectivity index (χ0) is 14.5. The first-order valence-corrected chi connectivity index (χ1v) is 8.15. The van der Waals surface area contributed by atoms with Gasteiger partial charge in [0.05, 0.1) is 6.54 Å². The molecule has 0 saturated carbocycles. The van der Waals surface area contributed by atoms with Crippen LogP contribution >= 0.6 is 15.9 Å². The summed E-state index contributed by atoms with van der Waals surface area (Å²) in [5.41, 5.74) is 0.789. The number of hydrogen-bond acceptors (Lipinski definition) is 3. The van der Waals surface area contributed by atoms with Crippen molar-refractivity contribution < 1.29 is 4.79 Å². The van der Waals surface area contributed by atoms with Crippen molar-refractivity contribution in [3.8, 4) is 0 Å². The third kappa shape index (κ3) is 3.90. The molecular weight excluding hydrogens is 316 g/mol. The first kappa shape index (κ1) is 15.7. The van der Waals surface area contributed by atoms with Gasteiger partial charge in [-0.3, -0.25) is 14.6 Å². The third-order valence-electron chi connectivity index (χ3n) is 4.16. The molecule has 1 aliphatic heterocycles. The fourth-order valence-corrected chi connectivity index (χ4v) is 3.10. The Morgan fingerprint density at radius 1 is 1.25 bits per heavy atom. The van der Waals surface area contributed by atoms with Gasteiger partial charge < -0.3 is 0 Å². The minimum absolute atomic E-state index is 0.203. The van der Waals surface area contributed by atoms with Gasteiger partial charge in [-0.1, -0.05) is 41.1 Å². The molecule has 1 aromatic rings. The minimum Gasteiger partial charge on any atom is -0.298 e. The molecule has 1 aliphatic rings. The van der Waals surface area contributed by atoms with Crippen molar-refractivity contribution in [2.75, 3.05) is 32.7 Å². The number of halogens is 1. The lowest BCUT2D eigenvalue weighted by Gasteiger charge is -2.37. The molecular formula is C16H23BrN2O. The molecule has 1 heterocycles. The van der Waals surface area contributed by atoms with Crippen molar-refractivity contribution in [1.29, 1.82) is 0 Å². The Morgan fingerprint density at radius 2 is 1.90 bits per heavy atom. The van der Waals surface area contributed by atoms with Crippen molar-refractivity contribution >= 4 is 21.7 Å². The van der Waals surface area contributed by atoms with Gasteiger partial charge in [-0.25, -0.2) is 0 Å². The number of ketones is 1. The second-order valence-electron chi connectivity index (χ2n) is 5.47. The predicted molar refractivity (Wildman–Crippen MR) is 86.2 cm³/mol. The zero-order valence-electron chi connectivity index (χ0n) is 12.3. The van der Waals surface area contributed by atoms with Crippen LogP contribution in [0.2, 0.25) is 0 Å². The fourth-order valence-electron chi connectivity index (χ4n) is 2.60. The smallest absolute Gasteiger partial charge is 0.177 e. The number of carbonyl (C=O) groups excluding carboxylic acids is 1. The molecule has 1 fully saturated rings. The van der Waals surface area contributed by atoms with E-state index in [-0.39, 0.29) is 5.78 Å². The number of hydrogen-bond donors (Lipinski definition) is 0. The summed E-state index contributed by atoms with van der Waals surface area (Å²) in [6.07, 6.45) is 1.19. The maximum absolute atomic E-state index is 12.3. The maximum Gasteiger partial charge on any atom is 0.177 e. The summed E-state index contributed by atoms with van der Waals surface area (Å²) in [5, 5.41) is 0. The van der Waals surface area contributed by atoms with Gasteiger partial charge in [0.2, 0.25) is 0 Å². The Morgan fingerprint density at radius 3 is 2.50 bits per heavy atom. The molecule has 0 aromatic heterocycles. The first-order chi connectivity index (χ1) is 9.61. The molecule has 0 radical (unpaired) electrons. The van der Waals surface area contributed by atoms with Crippen molar-refractivity contribution in [1.82, 2.24) is 9.80 Å². The van der Waals surface area contributed by atoms with E-state index in [2.05, 4.69) is 39.6 Å². The largest absolute Gasteiger partial charge is 0.298 e. The number of rotatable bonds is 5. The molecule has 0 bridgehead atoms. The molecule has 0 amide bonds. The molecule has 0 spiro atoms. The van der Waals surface area contributed by atoms with Crippen LogP contribution in [-0.2, 0) is 0 Å². The Labute approximate surface area is 130 Å². The minimum atomic E-state index is 0.203. The summed E-state index contributed by atoms with van der Waals surface area (Å²) in [6.45, 7) is 9.14. The molecule has 0 N–H and O–H groups in total. The summed E-state index contributed by atoms with van der Waals surface area (Å²) < 4.78 is 0.892. The van der Waals surface area contributed by atoms with Crippen molar-refractivity contribution in [3.63, 3.8) is 0 Å². The van der Waals surface area contributed by atoms with Gasteiger partial charge in [0.25, 0.3) is 0 Å². The molecule has 1 unspecified atom stereocenters. The maximum atomic E-state index is 12.3. The highest BCUT2D eigenvalue weighted by Crippen LogP contribution is 2.17. The van der Waals surface area contributed by atoms with E-state index in [1.807, 2.05) is 24.3 Å². The molecule has 110 valence electrons. The molecule has 1 saturated heterocycles. The lowest BCUT2D eigenvalue weighted by atomic mass is 10.1. The van der Waals surface area contributed by atoms with Crippen LogP contribution in [0.15, 0.2) is 28.7 Å². The van der Waals surface area contributed by atoms with E-state index in [0.29, 0.717) is 12.6 Å². The normalized spacial score (nSPS) is 18.9. The van der Waals surface area contributed by atoms with Crippen LogP contribution in [-0.4, -0.2) is 54.3 Å². The highest BCUT2D eigenvalue weighted by molar-refractivity contribution is 9.10. The van der Waals surface area contributed by atoms with Crippen LogP contribution in [0.25, 0.3) is 0 Å². The van der Waals surface area contributed by atoms with E-state index < -0.39 is 0 Å². The van der Waals surface area contributed by atoms with E-state index in [0.717, 1.165) is 36.2 Å². The topological polar surface area (TPSA) is 23.6 Å². The summed E-state index contributed by atoms with van der Waals surface area (Å²) >= 11 is 3.45. The van der Waals surface area contributed by atoms with Gasteiger partial charge in [-0.2, -0.15) is 0 Å². The van der Waals surface area contributed by atoms with E-state index in [1.165, 1.54) is 6.42 Å². The number of Topliss-reactive ketones (excluding diaryl/α,β-unsaturated/α-hetero) is 1. The summed E-state index contributed by atoms with van der Waals surface area (Å²) in [6, 6.07) is 8.32. The number of carbonyl (C=O) groups is 1. The lowest BCUT2D eigenvalue weighted by molar-refractivity contribution is 0.0784. The van der Waals surface area contributed by atoms with Gasteiger partial charge in [0.1, 0.15) is 0 Å². The highest BCUT2D eigenvalue weighted by Gasteiger charge is 2.22. The number of benzene rings is 1. The Kier molecular flexibility index (Phi) is 5.75. The fraction of sp³-hybridized carbons (Fsp3) is 0.562. The Bertz CT molecular complexity index is 456. The molecule has 0 aliphatic carbocycles. The van der Waals surface area contributed by atoms with E-state index in [9.17, 15) is 4.79 Å². The molecule has 2 rings (SSSR count). The Balaban J connectivity index is 1.87. The summed E-state index contributed by atoms with van der Waals surface area (Å²) in [4.78, 5) is 17.1. The van der Waals surface area contributed by atoms with E-state index >= 15 is 0 Å². The highest BCUT2D eigenvalue weighted by atomic mass is 79.9. The molecule has 4 heteroatoms. The van der Waals surface area contributed by atoms with Gasteiger partial charge in [-0.15, -0.1) is 0 Å². The average molecular weight is 339 g/mol. The van der Waals surface area contributed by atoms with Crippen LogP contribution in [0, 0.1) is 0 Å². The second kappa shape index (κ2) is 7.34. The lowest BCUT2D eigenvalue weighted by Crippen LogP contribution is -2.50. The monoisotopic (exact) mass is 338 g/mol. The molecule has 1 atom stereocenters. The molecule has 3 nitrogen and oxygen atoms in total. The standard InChI is InChI=1S/C16H23BrN2O/c1-3-13(2)19-10-8-18(9-11-19)12-16(20)14-6-4-5-7-15(14)17/h4-7,13H,3,8-12H2,1-2H3. The summed E-state index contributed by atoms with van der Waals surface area (Å²) in [7, 11) is 0. The zero-order valence-corrected chi connectivity index (χ0v) is 13.9. The third-order valence-corrected chi connectivity index (χ3v) is 4.85. The Hall–Kier alpha value is -0.710. The summed E-state index contributed by atoms with van der Waals surface area (Å²) in [5.74, 6) is 0.203. The van der Waals surface area contributed by atoms with E-state index in [1.54, 1.807) is 0 Å². The number of nitrogens with zero attached hydrogens (tertiary/aromatic N) is 2. The number of piperazine rings is 1. The first-order valence-electron chi connectivity index (χ1n) is 7.36. The van der Waals surface area contributed by atoms with Crippen LogP contribution in [0.3, 0.4) is 0 Å². The average Bonchev–Trinajstić information content (AvgIpc) is 2.47. The van der Waals surface area contributed by atoms with Crippen molar-refractivity contribution in [2.45, 2.75) is 26.3 Å². The quantitative estimate of drug-likeness (QED) is 0.771. The van der Waals surface area contributed by atoms with Gasteiger partial charge in [0, 0.05) is 42.3 Å². The van der Waals surface area contributed by atoms with Crippen molar-refractivity contribution in [3.05, 3.63) is 34.3 Å². The van der Waals surface area contributed by atoms with Crippen LogP contribution in [0.4, 0.5) is 0 Å². The SMILES string of the molecule is CCC(C)N1CCN(CC(=O)c2ccccc2Br)CC1. The van der Waals surface area contributed by atoms with Crippen LogP contribution in [0.5, 0.6) is 0 Å².